The molecule has 1 aliphatic heterocycles. The van der Waals surface area contributed by atoms with Crippen LogP contribution in [0.2, 0.25) is 0 Å². The van der Waals surface area contributed by atoms with Crippen molar-refractivity contribution in [1.82, 2.24) is 39.6 Å². The van der Waals surface area contributed by atoms with E-state index in [1.54, 1.807) is 10.9 Å². The molecular formula is C21H25N9O. The summed E-state index contributed by atoms with van der Waals surface area (Å²) >= 11 is 0. The maximum atomic E-state index is 5.51. The number of rotatable bonds is 6. The van der Waals surface area contributed by atoms with Crippen molar-refractivity contribution in [2.45, 2.75) is 25.8 Å². The van der Waals surface area contributed by atoms with Gasteiger partial charge in [-0.1, -0.05) is 5.21 Å². The Morgan fingerprint density at radius 1 is 1.13 bits per heavy atom. The molecule has 0 radical (unpaired) electrons. The lowest BCUT2D eigenvalue weighted by Gasteiger charge is -2.28. The second-order valence-corrected chi connectivity index (χ2v) is 7.70. The first kappa shape index (κ1) is 19.4. The first-order valence-electron chi connectivity index (χ1n) is 10.5. The van der Waals surface area contributed by atoms with E-state index < -0.39 is 0 Å². The molecule has 0 atom stereocenters. The summed E-state index contributed by atoms with van der Waals surface area (Å²) in [4.78, 5) is 11.4. The Balaban J connectivity index is 1.36. The molecule has 160 valence electrons. The van der Waals surface area contributed by atoms with Crippen LogP contribution in [0.4, 0.5) is 11.6 Å². The number of fused-ring (bicyclic) bond motifs is 1. The van der Waals surface area contributed by atoms with Crippen LogP contribution in [0.5, 0.6) is 5.75 Å². The Bertz CT molecular complexity index is 1160. The van der Waals surface area contributed by atoms with Gasteiger partial charge in [0.1, 0.15) is 5.75 Å². The Morgan fingerprint density at radius 3 is 2.71 bits per heavy atom. The number of nitrogens with one attached hydrogen (secondary N) is 1. The number of likely N-dealkylation sites (tertiary alicyclic amines) is 1. The van der Waals surface area contributed by atoms with E-state index in [9.17, 15) is 0 Å². The lowest BCUT2D eigenvalue weighted by atomic mass is 10.1. The van der Waals surface area contributed by atoms with Crippen LogP contribution in [0.3, 0.4) is 0 Å². The van der Waals surface area contributed by atoms with Crippen molar-refractivity contribution in [1.29, 1.82) is 0 Å². The lowest BCUT2D eigenvalue weighted by molar-refractivity contribution is 0.212. The zero-order valence-electron chi connectivity index (χ0n) is 17.6. The second kappa shape index (κ2) is 8.31. The van der Waals surface area contributed by atoms with Crippen LogP contribution in [0.25, 0.3) is 16.9 Å². The Kier molecular flexibility index (Phi) is 5.21. The molecule has 0 unspecified atom stereocenters. The highest BCUT2D eigenvalue weighted by atomic mass is 16.5. The monoisotopic (exact) mass is 419 g/mol. The van der Waals surface area contributed by atoms with Gasteiger partial charge >= 0.3 is 0 Å². The first-order valence-corrected chi connectivity index (χ1v) is 10.5. The molecule has 31 heavy (non-hydrogen) atoms. The van der Waals surface area contributed by atoms with E-state index in [-0.39, 0.29) is 0 Å². The summed E-state index contributed by atoms with van der Waals surface area (Å²) in [5, 5.41) is 16.2. The predicted molar refractivity (Wildman–Crippen MR) is 117 cm³/mol. The molecule has 0 saturated carbocycles. The Labute approximate surface area is 179 Å². The number of aromatic nitrogens is 7. The van der Waals surface area contributed by atoms with E-state index in [0.29, 0.717) is 29.8 Å². The number of hydrogen-bond donors (Lipinski definition) is 1. The molecule has 4 aromatic rings. The fraction of sp³-hybridized carbons (Fsp3) is 0.381. The highest BCUT2D eigenvalue weighted by Crippen LogP contribution is 2.24. The van der Waals surface area contributed by atoms with E-state index in [1.807, 2.05) is 48.3 Å². The summed E-state index contributed by atoms with van der Waals surface area (Å²) < 4.78 is 9.25. The van der Waals surface area contributed by atoms with E-state index in [2.05, 4.69) is 42.6 Å². The van der Waals surface area contributed by atoms with Gasteiger partial charge in [-0.25, -0.2) is 4.98 Å². The minimum absolute atomic E-state index is 0.431. The van der Waals surface area contributed by atoms with Crippen molar-refractivity contribution in [3.8, 4) is 11.4 Å². The minimum atomic E-state index is 0.431. The zero-order valence-corrected chi connectivity index (χ0v) is 17.6. The standard InChI is InChI=1S/C21H25N9O/c1-3-31-18-6-4-17(5-7-18)30-20-19(26-27-30)13-22-21(25-20)24-15-12-23-29(14-15)16-8-10-28(2)11-9-16/h4-7,12-14,16H,3,8-11H2,1-2H3,(H,22,24,25). The Hall–Kier alpha value is -3.53. The number of ether oxygens (including phenoxy) is 1. The average molecular weight is 419 g/mol. The van der Waals surface area contributed by atoms with Crippen LogP contribution < -0.4 is 10.1 Å². The summed E-state index contributed by atoms with van der Waals surface area (Å²) in [5.74, 6) is 1.29. The van der Waals surface area contributed by atoms with Crippen molar-refractivity contribution in [2.75, 3.05) is 32.1 Å². The molecule has 0 bridgehead atoms. The highest BCUT2D eigenvalue weighted by molar-refractivity contribution is 5.72. The first-order chi connectivity index (χ1) is 15.2. The highest BCUT2D eigenvalue weighted by Gasteiger charge is 2.19. The van der Waals surface area contributed by atoms with Crippen LogP contribution >= 0.6 is 0 Å². The smallest absolute Gasteiger partial charge is 0.229 e. The SMILES string of the molecule is CCOc1ccc(-n2nnc3cnc(Nc4cnn(C5CCN(C)CC5)c4)nc32)cc1. The molecule has 10 nitrogen and oxygen atoms in total. The van der Waals surface area contributed by atoms with Gasteiger partial charge in [-0.2, -0.15) is 14.8 Å². The van der Waals surface area contributed by atoms with Gasteiger partial charge in [-0.05, 0) is 64.2 Å². The van der Waals surface area contributed by atoms with Crippen LogP contribution in [0, 0.1) is 0 Å². The van der Waals surface area contributed by atoms with Gasteiger partial charge in [-0.15, -0.1) is 5.10 Å². The van der Waals surface area contributed by atoms with Crippen LogP contribution in [0.15, 0.2) is 42.9 Å². The van der Waals surface area contributed by atoms with Crippen molar-refractivity contribution in [3.63, 3.8) is 0 Å². The number of nitrogens with zero attached hydrogens (tertiary/aromatic N) is 8. The molecule has 1 aliphatic rings. The maximum Gasteiger partial charge on any atom is 0.229 e. The van der Waals surface area contributed by atoms with E-state index in [4.69, 9.17) is 4.74 Å². The third-order valence-electron chi connectivity index (χ3n) is 5.50. The van der Waals surface area contributed by atoms with Crippen molar-refractivity contribution in [3.05, 3.63) is 42.9 Å². The molecule has 0 aliphatic carbocycles. The summed E-state index contributed by atoms with van der Waals surface area (Å²) in [6, 6.07) is 8.11. The normalized spacial score (nSPS) is 15.4. The quantitative estimate of drug-likeness (QED) is 0.509. The van der Waals surface area contributed by atoms with Gasteiger partial charge in [0, 0.05) is 6.20 Å². The number of benzene rings is 1. The fourth-order valence-corrected chi connectivity index (χ4v) is 3.80. The maximum absolute atomic E-state index is 5.51. The van der Waals surface area contributed by atoms with E-state index in [0.717, 1.165) is 43.1 Å². The van der Waals surface area contributed by atoms with E-state index >= 15 is 0 Å². The van der Waals surface area contributed by atoms with Crippen molar-refractivity contribution >= 4 is 22.8 Å². The number of hydrogen-bond acceptors (Lipinski definition) is 8. The van der Waals surface area contributed by atoms with Gasteiger partial charge in [0.25, 0.3) is 0 Å². The molecule has 5 rings (SSSR count). The molecule has 0 spiro atoms. The topological polar surface area (TPSA) is 98.8 Å². The molecule has 1 fully saturated rings. The third kappa shape index (κ3) is 4.06. The molecule has 4 heterocycles. The summed E-state index contributed by atoms with van der Waals surface area (Å²) in [6.07, 6.45) is 7.71. The van der Waals surface area contributed by atoms with Gasteiger partial charge < -0.3 is 15.0 Å². The van der Waals surface area contributed by atoms with Gasteiger partial charge in [0.2, 0.25) is 5.95 Å². The second-order valence-electron chi connectivity index (χ2n) is 7.70. The fourth-order valence-electron chi connectivity index (χ4n) is 3.80. The molecule has 0 amide bonds. The number of anilines is 2. The van der Waals surface area contributed by atoms with Crippen LogP contribution in [-0.4, -0.2) is 66.4 Å². The molecule has 10 heteroatoms. The molecule has 1 N–H and O–H groups in total. The third-order valence-corrected chi connectivity index (χ3v) is 5.50. The van der Waals surface area contributed by atoms with Gasteiger partial charge in [0.15, 0.2) is 11.2 Å². The predicted octanol–water partition coefficient (Wildman–Crippen LogP) is 2.82. The van der Waals surface area contributed by atoms with Crippen LogP contribution in [-0.2, 0) is 0 Å². The average Bonchev–Trinajstić information content (AvgIpc) is 3.42. The van der Waals surface area contributed by atoms with Crippen molar-refractivity contribution < 1.29 is 4.74 Å². The molecule has 1 saturated heterocycles. The molecular weight excluding hydrogens is 394 g/mol. The number of piperidine rings is 1. The molecule has 1 aromatic carbocycles. The van der Waals surface area contributed by atoms with Gasteiger partial charge in [0.05, 0.1) is 36.4 Å². The summed E-state index contributed by atoms with van der Waals surface area (Å²) in [5.41, 5.74) is 2.97. The summed E-state index contributed by atoms with van der Waals surface area (Å²) in [7, 11) is 2.16. The zero-order chi connectivity index (χ0) is 21.2. The lowest BCUT2D eigenvalue weighted by Crippen LogP contribution is -2.31. The van der Waals surface area contributed by atoms with Crippen molar-refractivity contribution in [2.24, 2.45) is 0 Å². The van der Waals surface area contributed by atoms with Gasteiger partial charge in [-0.3, -0.25) is 4.68 Å². The minimum Gasteiger partial charge on any atom is -0.494 e. The summed E-state index contributed by atoms with van der Waals surface area (Å²) in [6.45, 7) is 4.77. The Morgan fingerprint density at radius 2 is 1.94 bits per heavy atom. The van der Waals surface area contributed by atoms with E-state index in [1.165, 1.54) is 0 Å². The largest absolute Gasteiger partial charge is 0.494 e. The molecule has 3 aromatic heterocycles. The van der Waals surface area contributed by atoms with Crippen LogP contribution in [0.1, 0.15) is 25.8 Å².